The number of rotatable bonds is 7. The number of likely N-dealkylation sites (tertiary alicyclic amines) is 1. The minimum Gasteiger partial charge on any atom is -0.444 e. The maximum Gasteiger partial charge on any atom is 0.534 e. The molecule has 14 heteroatoms. The van der Waals surface area contributed by atoms with Gasteiger partial charge in [-0.1, -0.05) is 48.5 Å². The Morgan fingerprint density at radius 1 is 1.03 bits per heavy atom. The van der Waals surface area contributed by atoms with Gasteiger partial charge in [-0.15, -0.1) is 0 Å². The monoisotopic (exact) mass is 592 g/mol. The van der Waals surface area contributed by atoms with E-state index in [1.165, 1.54) is 23.1 Å². The van der Waals surface area contributed by atoms with E-state index < -0.39 is 55.2 Å². The van der Waals surface area contributed by atoms with E-state index in [1.807, 2.05) is 0 Å². The van der Waals surface area contributed by atoms with E-state index in [-0.39, 0.29) is 24.1 Å². The topological polar surface area (TPSA) is 119 Å². The van der Waals surface area contributed by atoms with E-state index in [0.717, 1.165) is 6.26 Å². The summed E-state index contributed by atoms with van der Waals surface area (Å²) >= 11 is 0. The van der Waals surface area contributed by atoms with Crippen molar-refractivity contribution in [2.24, 2.45) is 0 Å². The molecule has 0 bridgehead atoms. The molecule has 9 nitrogen and oxygen atoms in total. The average molecular weight is 593 g/mol. The predicted octanol–water partition coefficient (Wildman–Crippen LogP) is 4.44. The summed E-state index contributed by atoms with van der Waals surface area (Å²) in [4.78, 5) is 14.4. The molecule has 0 aliphatic carbocycles. The van der Waals surface area contributed by atoms with Crippen LogP contribution in [0.1, 0.15) is 39.2 Å². The molecule has 1 N–H and O–H groups in total. The lowest BCUT2D eigenvalue weighted by molar-refractivity contribution is -0.0500. The summed E-state index contributed by atoms with van der Waals surface area (Å²) in [6.45, 7) is 5.17. The van der Waals surface area contributed by atoms with Crippen LogP contribution < -0.4 is 8.91 Å². The van der Waals surface area contributed by atoms with E-state index >= 15 is 0 Å². The van der Waals surface area contributed by atoms with Crippen LogP contribution in [0.4, 0.5) is 18.0 Å². The highest BCUT2D eigenvalue weighted by Gasteiger charge is 2.49. The first kappa shape index (κ1) is 30.7. The Kier molecular flexibility index (Phi) is 8.92. The van der Waals surface area contributed by atoms with E-state index in [1.54, 1.807) is 51.1 Å². The molecule has 1 fully saturated rings. The Bertz CT molecular complexity index is 1390. The summed E-state index contributed by atoms with van der Waals surface area (Å²) in [6.07, 6.45) is 0.745. The summed E-state index contributed by atoms with van der Waals surface area (Å²) in [5.74, 6) is -0.561. The quantitative estimate of drug-likeness (QED) is 0.373. The lowest BCUT2D eigenvalue weighted by Gasteiger charge is -2.42. The van der Waals surface area contributed by atoms with Gasteiger partial charge in [-0.05, 0) is 51.2 Å². The van der Waals surface area contributed by atoms with Gasteiger partial charge in [0.15, 0.2) is 5.75 Å². The fourth-order valence-corrected chi connectivity index (χ4v) is 5.68. The predicted molar refractivity (Wildman–Crippen MR) is 139 cm³/mol. The Morgan fingerprint density at radius 2 is 1.67 bits per heavy atom. The lowest BCUT2D eigenvalue weighted by Crippen LogP contribution is -2.58. The number of para-hydroxylation sites is 1. The molecule has 1 heterocycles. The second kappa shape index (κ2) is 11.3. The van der Waals surface area contributed by atoms with E-state index in [9.17, 15) is 34.8 Å². The van der Waals surface area contributed by atoms with Gasteiger partial charge in [0.25, 0.3) is 0 Å². The van der Waals surface area contributed by atoms with Gasteiger partial charge in [-0.25, -0.2) is 17.9 Å². The van der Waals surface area contributed by atoms with Gasteiger partial charge in [-0.3, -0.25) is 0 Å². The molecule has 2 atom stereocenters. The van der Waals surface area contributed by atoms with Gasteiger partial charge < -0.3 is 13.8 Å². The number of piperidine rings is 1. The number of carbonyl (C=O) groups is 1. The van der Waals surface area contributed by atoms with Crippen molar-refractivity contribution in [3.05, 3.63) is 54.1 Å². The number of nitrogens with zero attached hydrogens (tertiary/aromatic N) is 1. The molecule has 39 heavy (non-hydrogen) atoms. The lowest BCUT2D eigenvalue weighted by atomic mass is 9.90. The van der Waals surface area contributed by atoms with Crippen LogP contribution in [0.5, 0.6) is 5.75 Å². The highest BCUT2D eigenvalue weighted by atomic mass is 32.2. The van der Waals surface area contributed by atoms with Crippen LogP contribution in [0.15, 0.2) is 48.5 Å². The van der Waals surface area contributed by atoms with Crippen molar-refractivity contribution in [2.45, 2.75) is 63.2 Å². The zero-order valence-electron chi connectivity index (χ0n) is 21.9. The second-order valence-corrected chi connectivity index (χ2v) is 13.5. The van der Waals surface area contributed by atoms with Crippen LogP contribution in [0.25, 0.3) is 11.1 Å². The zero-order valence-corrected chi connectivity index (χ0v) is 23.5. The SMILES string of the molecule is CC(C)(C)OC(=O)N1CCCC(NS(C)(=O)=O)C1Cc1cccc(-c2ccccc2)c1OS(=O)(=O)C(F)(F)F. The molecule has 3 rings (SSSR count). The van der Waals surface area contributed by atoms with Gasteiger partial charge in [0.05, 0.1) is 12.3 Å². The minimum absolute atomic E-state index is 0.0323. The fourth-order valence-electron chi connectivity index (χ4n) is 4.34. The zero-order chi connectivity index (χ0) is 29.2. The minimum atomic E-state index is -6.06. The molecule has 1 aliphatic rings. The first-order chi connectivity index (χ1) is 17.9. The normalized spacial score (nSPS) is 19.0. The van der Waals surface area contributed by atoms with Crippen LogP contribution >= 0.6 is 0 Å². The number of carbonyl (C=O) groups excluding carboxylic acids is 1. The number of nitrogens with one attached hydrogen (secondary N) is 1. The van der Waals surface area contributed by atoms with Crippen LogP contribution in [-0.4, -0.2) is 63.8 Å². The maximum absolute atomic E-state index is 13.4. The number of sulfonamides is 1. The van der Waals surface area contributed by atoms with Crippen molar-refractivity contribution < 1.29 is 43.7 Å². The summed E-state index contributed by atoms with van der Waals surface area (Å²) in [5.41, 5.74) is -6.06. The highest BCUT2D eigenvalue weighted by molar-refractivity contribution is 7.88. The number of halogens is 3. The summed E-state index contributed by atoms with van der Waals surface area (Å²) in [7, 11) is -9.80. The molecule has 0 radical (unpaired) electrons. The number of benzene rings is 2. The van der Waals surface area contributed by atoms with Crippen molar-refractivity contribution >= 4 is 26.2 Å². The molecule has 0 saturated carbocycles. The van der Waals surface area contributed by atoms with Crippen molar-refractivity contribution in [2.75, 3.05) is 12.8 Å². The molecular formula is C25H31F3N2O7S2. The average Bonchev–Trinajstić information content (AvgIpc) is 2.78. The van der Waals surface area contributed by atoms with E-state index in [0.29, 0.717) is 18.4 Å². The third kappa shape index (κ3) is 8.08. The van der Waals surface area contributed by atoms with Crippen molar-refractivity contribution in [3.63, 3.8) is 0 Å². The number of ether oxygens (including phenoxy) is 1. The highest BCUT2D eigenvalue weighted by Crippen LogP contribution is 2.39. The molecule has 2 aromatic carbocycles. The standard InChI is InChI=1S/C25H31F3N2O7S2/c1-24(2,3)36-23(31)30-15-9-14-20(29-38(4,32)33)21(30)16-18-12-8-13-19(17-10-6-5-7-11-17)22(18)37-39(34,35)25(26,27)28/h5-8,10-13,20-21,29H,9,14-16H2,1-4H3. The number of hydrogen-bond donors (Lipinski definition) is 1. The van der Waals surface area contributed by atoms with Gasteiger partial charge in [0.2, 0.25) is 10.0 Å². The van der Waals surface area contributed by atoms with E-state index in [2.05, 4.69) is 4.72 Å². The molecule has 1 amide bonds. The van der Waals surface area contributed by atoms with Gasteiger partial charge in [-0.2, -0.15) is 21.6 Å². The third-order valence-corrected chi connectivity index (χ3v) is 7.54. The maximum atomic E-state index is 13.4. The number of alkyl halides is 3. The molecule has 216 valence electrons. The Morgan fingerprint density at radius 3 is 2.23 bits per heavy atom. The van der Waals surface area contributed by atoms with Crippen LogP contribution in [0.3, 0.4) is 0 Å². The molecule has 1 aliphatic heterocycles. The molecule has 0 aromatic heterocycles. The van der Waals surface area contributed by atoms with Crippen molar-refractivity contribution in [1.29, 1.82) is 0 Å². The smallest absolute Gasteiger partial charge is 0.444 e. The van der Waals surface area contributed by atoms with Gasteiger partial charge in [0.1, 0.15) is 5.60 Å². The molecule has 1 saturated heterocycles. The van der Waals surface area contributed by atoms with Crippen LogP contribution in [-0.2, 0) is 31.3 Å². The van der Waals surface area contributed by atoms with Crippen LogP contribution in [0, 0.1) is 0 Å². The first-order valence-corrected chi connectivity index (χ1v) is 15.3. The summed E-state index contributed by atoms with van der Waals surface area (Å²) < 4.78 is 101. The molecule has 0 spiro atoms. The second-order valence-electron chi connectivity index (χ2n) is 10.2. The summed E-state index contributed by atoms with van der Waals surface area (Å²) in [6, 6.07) is 10.7. The number of hydrogen-bond acceptors (Lipinski definition) is 7. The van der Waals surface area contributed by atoms with E-state index in [4.69, 9.17) is 8.92 Å². The van der Waals surface area contributed by atoms with Crippen LogP contribution in [0.2, 0.25) is 0 Å². The van der Waals surface area contributed by atoms with Crippen molar-refractivity contribution in [3.8, 4) is 16.9 Å². The molecule has 2 aromatic rings. The molecular weight excluding hydrogens is 561 g/mol. The van der Waals surface area contributed by atoms with Gasteiger partial charge >= 0.3 is 21.7 Å². The third-order valence-electron chi connectivity index (χ3n) is 5.86. The Labute approximate surface area is 226 Å². The van der Waals surface area contributed by atoms with Gasteiger partial charge in [0, 0.05) is 18.2 Å². The number of amides is 1. The Balaban J connectivity index is 2.15. The first-order valence-electron chi connectivity index (χ1n) is 12.0. The summed E-state index contributed by atoms with van der Waals surface area (Å²) in [5, 5.41) is 0. The largest absolute Gasteiger partial charge is 0.534 e. The molecule has 2 unspecified atom stereocenters. The fraction of sp³-hybridized carbons (Fsp3) is 0.480. The Hall–Kier alpha value is -2.84. The van der Waals surface area contributed by atoms with Crippen molar-refractivity contribution in [1.82, 2.24) is 9.62 Å².